The molecule has 1 N–H and O–H groups in total. The van der Waals surface area contributed by atoms with Gasteiger partial charge in [0.15, 0.2) is 0 Å². The molecule has 1 atom stereocenters. The van der Waals surface area contributed by atoms with Crippen LogP contribution in [0.15, 0.2) is 24.3 Å². The van der Waals surface area contributed by atoms with Crippen molar-refractivity contribution in [2.24, 2.45) is 0 Å². The highest BCUT2D eigenvalue weighted by Gasteiger charge is 2.08. The molecule has 1 unspecified atom stereocenters. The lowest BCUT2D eigenvalue weighted by molar-refractivity contribution is 0.568. The molecule has 1 nitrogen and oxygen atoms in total. The van der Waals surface area contributed by atoms with Crippen LogP contribution in [0, 0.1) is 5.82 Å². The Morgan fingerprint density at radius 1 is 1.35 bits per heavy atom. The van der Waals surface area contributed by atoms with Gasteiger partial charge in [0.2, 0.25) is 0 Å². The van der Waals surface area contributed by atoms with Gasteiger partial charge in [-0.25, -0.2) is 4.39 Å². The maximum atomic E-state index is 13.1. The molecule has 0 saturated heterocycles. The number of benzene rings is 1. The molecule has 0 aliphatic rings. The van der Waals surface area contributed by atoms with E-state index in [2.05, 4.69) is 19.2 Å². The summed E-state index contributed by atoms with van der Waals surface area (Å²) in [5.74, 6) is 2.16. The van der Waals surface area contributed by atoms with Crippen LogP contribution in [-0.4, -0.2) is 24.1 Å². The normalized spacial score (nSPS) is 12.6. The number of thioether (sulfide) groups is 1. The Bertz CT molecular complexity index is 317. The number of hydrogen-bond donors (Lipinski definition) is 1. The molecule has 1 aromatic carbocycles. The van der Waals surface area contributed by atoms with E-state index >= 15 is 0 Å². The molecule has 96 valence electrons. The minimum Gasteiger partial charge on any atom is -0.313 e. The van der Waals surface area contributed by atoms with E-state index in [1.807, 2.05) is 17.8 Å². The lowest BCUT2D eigenvalue weighted by Gasteiger charge is -2.17. The average molecular weight is 255 g/mol. The Kier molecular flexibility index (Phi) is 7.29. The highest BCUT2D eigenvalue weighted by Crippen LogP contribution is 2.11. The highest BCUT2D eigenvalue weighted by molar-refractivity contribution is 7.99. The summed E-state index contributed by atoms with van der Waals surface area (Å²) in [5, 5.41) is 3.47. The van der Waals surface area contributed by atoms with Crippen molar-refractivity contribution in [3.63, 3.8) is 0 Å². The quantitative estimate of drug-likeness (QED) is 0.714. The lowest BCUT2D eigenvalue weighted by Crippen LogP contribution is -2.33. The molecule has 0 fully saturated rings. The summed E-state index contributed by atoms with van der Waals surface area (Å²) in [6.45, 7) is 5.28. The third-order valence-corrected chi connectivity index (χ3v) is 3.87. The van der Waals surface area contributed by atoms with Crippen molar-refractivity contribution in [3.8, 4) is 0 Å². The zero-order valence-electron chi connectivity index (χ0n) is 10.7. The van der Waals surface area contributed by atoms with Crippen LogP contribution in [0.4, 0.5) is 4.39 Å². The SMILES string of the molecule is CCCSCC(Cc1cccc(F)c1)NCC. The Hall–Kier alpha value is -0.540. The minimum atomic E-state index is -0.140. The third kappa shape index (κ3) is 6.08. The van der Waals surface area contributed by atoms with Crippen LogP contribution < -0.4 is 5.32 Å². The molecule has 1 rings (SSSR count). The summed E-state index contributed by atoms with van der Waals surface area (Å²) in [4.78, 5) is 0. The second-order valence-electron chi connectivity index (χ2n) is 4.16. The van der Waals surface area contributed by atoms with Crippen LogP contribution in [0.3, 0.4) is 0 Å². The van der Waals surface area contributed by atoms with E-state index in [0.29, 0.717) is 6.04 Å². The van der Waals surface area contributed by atoms with Gasteiger partial charge in [-0.3, -0.25) is 0 Å². The van der Waals surface area contributed by atoms with Crippen LogP contribution in [-0.2, 0) is 6.42 Å². The van der Waals surface area contributed by atoms with Crippen molar-refractivity contribution in [1.82, 2.24) is 5.32 Å². The first-order valence-electron chi connectivity index (χ1n) is 6.31. The maximum Gasteiger partial charge on any atom is 0.123 e. The van der Waals surface area contributed by atoms with Gasteiger partial charge in [0.25, 0.3) is 0 Å². The molecular weight excluding hydrogens is 233 g/mol. The first kappa shape index (κ1) is 14.5. The largest absolute Gasteiger partial charge is 0.313 e. The van der Waals surface area contributed by atoms with Gasteiger partial charge in [-0.2, -0.15) is 11.8 Å². The van der Waals surface area contributed by atoms with E-state index in [1.54, 1.807) is 12.1 Å². The molecule has 17 heavy (non-hydrogen) atoms. The monoisotopic (exact) mass is 255 g/mol. The predicted octanol–water partition coefficient (Wildman–Crippen LogP) is 3.49. The molecule has 3 heteroatoms. The molecule has 0 heterocycles. The van der Waals surface area contributed by atoms with Gasteiger partial charge in [0.05, 0.1) is 0 Å². The van der Waals surface area contributed by atoms with Crippen LogP contribution >= 0.6 is 11.8 Å². The highest BCUT2D eigenvalue weighted by atomic mass is 32.2. The third-order valence-electron chi connectivity index (χ3n) is 2.53. The van der Waals surface area contributed by atoms with E-state index in [-0.39, 0.29) is 5.82 Å². The van der Waals surface area contributed by atoms with Crippen LogP contribution in [0.25, 0.3) is 0 Å². The molecule has 0 saturated carbocycles. The van der Waals surface area contributed by atoms with Crippen LogP contribution in [0.5, 0.6) is 0 Å². The van der Waals surface area contributed by atoms with E-state index in [1.165, 1.54) is 18.2 Å². The molecule has 0 aromatic heterocycles. The summed E-state index contributed by atoms with van der Waals surface area (Å²) in [7, 11) is 0. The van der Waals surface area contributed by atoms with Crippen molar-refractivity contribution < 1.29 is 4.39 Å². The molecule has 1 aromatic rings. The van der Waals surface area contributed by atoms with E-state index < -0.39 is 0 Å². The number of rotatable bonds is 8. The second-order valence-corrected chi connectivity index (χ2v) is 5.31. The Balaban J connectivity index is 2.47. The van der Waals surface area contributed by atoms with Crippen LogP contribution in [0.1, 0.15) is 25.8 Å². The standard InChI is InChI=1S/C14H22FNS/c1-3-8-17-11-14(16-4-2)10-12-6-5-7-13(15)9-12/h5-7,9,14,16H,3-4,8,10-11H2,1-2H3. The fourth-order valence-corrected chi connectivity index (χ4v) is 2.77. The van der Waals surface area contributed by atoms with Crippen molar-refractivity contribution in [3.05, 3.63) is 35.6 Å². The number of hydrogen-bond acceptors (Lipinski definition) is 2. The molecule has 0 radical (unpaired) electrons. The van der Waals surface area contributed by atoms with Gasteiger partial charge < -0.3 is 5.32 Å². The molecule has 0 amide bonds. The van der Waals surface area contributed by atoms with E-state index in [4.69, 9.17) is 0 Å². The van der Waals surface area contributed by atoms with Gasteiger partial charge in [0, 0.05) is 11.8 Å². The summed E-state index contributed by atoms with van der Waals surface area (Å²) in [5.41, 5.74) is 1.08. The molecule has 0 aliphatic heterocycles. The molecular formula is C14H22FNS. The maximum absolute atomic E-state index is 13.1. The van der Waals surface area contributed by atoms with Gasteiger partial charge in [-0.05, 0) is 42.8 Å². The number of halogens is 1. The smallest absolute Gasteiger partial charge is 0.123 e. The van der Waals surface area contributed by atoms with Gasteiger partial charge in [-0.15, -0.1) is 0 Å². The summed E-state index contributed by atoms with van der Waals surface area (Å²) < 4.78 is 13.1. The van der Waals surface area contributed by atoms with E-state index in [9.17, 15) is 4.39 Å². The predicted molar refractivity (Wildman–Crippen MR) is 75.2 cm³/mol. The molecule has 0 bridgehead atoms. The Morgan fingerprint density at radius 3 is 2.82 bits per heavy atom. The zero-order chi connectivity index (χ0) is 12.5. The zero-order valence-corrected chi connectivity index (χ0v) is 11.5. The van der Waals surface area contributed by atoms with Crippen LogP contribution in [0.2, 0.25) is 0 Å². The fourth-order valence-electron chi connectivity index (χ4n) is 1.80. The van der Waals surface area contributed by atoms with Gasteiger partial charge in [0.1, 0.15) is 5.82 Å². The molecule has 0 spiro atoms. The molecule has 0 aliphatic carbocycles. The van der Waals surface area contributed by atoms with Crippen molar-refractivity contribution in [2.45, 2.75) is 32.7 Å². The number of likely N-dealkylation sites (N-methyl/N-ethyl adjacent to an activating group) is 1. The second kappa shape index (κ2) is 8.54. The van der Waals surface area contributed by atoms with Crippen molar-refractivity contribution in [1.29, 1.82) is 0 Å². The topological polar surface area (TPSA) is 12.0 Å². The Morgan fingerprint density at radius 2 is 2.18 bits per heavy atom. The number of nitrogens with one attached hydrogen (secondary N) is 1. The lowest BCUT2D eigenvalue weighted by atomic mass is 10.1. The van der Waals surface area contributed by atoms with E-state index in [0.717, 1.165) is 24.3 Å². The summed E-state index contributed by atoms with van der Waals surface area (Å²) in [6.07, 6.45) is 2.12. The summed E-state index contributed by atoms with van der Waals surface area (Å²) in [6, 6.07) is 7.36. The first-order chi connectivity index (χ1) is 8.26. The van der Waals surface area contributed by atoms with Crippen molar-refractivity contribution in [2.75, 3.05) is 18.1 Å². The average Bonchev–Trinajstić information content (AvgIpc) is 2.29. The summed E-state index contributed by atoms with van der Waals surface area (Å²) >= 11 is 1.97. The Labute approximate surface area is 108 Å². The fraction of sp³-hybridized carbons (Fsp3) is 0.571. The minimum absolute atomic E-state index is 0.140. The van der Waals surface area contributed by atoms with Gasteiger partial charge >= 0.3 is 0 Å². The first-order valence-corrected chi connectivity index (χ1v) is 7.47. The van der Waals surface area contributed by atoms with Crippen molar-refractivity contribution >= 4 is 11.8 Å². The van der Waals surface area contributed by atoms with Gasteiger partial charge in [-0.1, -0.05) is 26.0 Å².